The van der Waals surface area contributed by atoms with Crippen molar-refractivity contribution in [1.82, 2.24) is 4.57 Å². The summed E-state index contributed by atoms with van der Waals surface area (Å²) in [6.07, 6.45) is -9.37. The Kier molecular flexibility index (Phi) is 8.17. The van der Waals surface area contributed by atoms with E-state index in [0.29, 0.717) is 14.9 Å². The predicted octanol–water partition coefficient (Wildman–Crippen LogP) is 7.14. The third-order valence-electron chi connectivity index (χ3n) is 7.49. The van der Waals surface area contributed by atoms with E-state index >= 15 is 0 Å². The summed E-state index contributed by atoms with van der Waals surface area (Å²) in [5.74, 6) is -4.30. The zero-order chi connectivity index (χ0) is 33.1. The van der Waals surface area contributed by atoms with Gasteiger partial charge in [0, 0.05) is 21.0 Å². The van der Waals surface area contributed by atoms with Crippen LogP contribution in [0.25, 0.3) is 0 Å². The molecule has 0 spiro atoms. The molecule has 3 aromatic carbocycles. The van der Waals surface area contributed by atoms with Gasteiger partial charge < -0.3 is 5.32 Å². The molecule has 1 N–H and O–H groups in total. The molecule has 1 aromatic heterocycles. The highest BCUT2D eigenvalue weighted by molar-refractivity contribution is 9.10. The lowest BCUT2D eigenvalue weighted by atomic mass is 9.83. The van der Waals surface area contributed by atoms with E-state index in [1.165, 1.54) is 12.1 Å². The number of aromatic nitrogens is 1. The van der Waals surface area contributed by atoms with Gasteiger partial charge in [-0.2, -0.15) is 26.3 Å². The molecule has 1 saturated heterocycles. The maximum atomic E-state index is 13.9. The Bertz CT molecular complexity index is 1940. The number of fused-ring (bicyclic) bond motifs is 2. The van der Waals surface area contributed by atoms with Crippen LogP contribution in [0.2, 0.25) is 0 Å². The molecule has 16 heteroatoms. The minimum atomic E-state index is -4.72. The lowest BCUT2D eigenvalue weighted by molar-refractivity contribution is -0.138. The minimum Gasteiger partial charge on any atom is -0.325 e. The Morgan fingerprint density at radius 2 is 1.48 bits per heavy atom. The number of thiazole rings is 1. The summed E-state index contributed by atoms with van der Waals surface area (Å²) in [5, 5.41) is 1.40. The lowest BCUT2D eigenvalue weighted by Crippen LogP contribution is -2.33. The minimum absolute atomic E-state index is 0.147. The molecule has 3 unspecified atom stereocenters. The van der Waals surface area contributed by atoms with Crippen molar-refractivity contribution in [3.05, 3.63) is 109 Å². The van der Waals surface area contributed by atoms with E-state index in [0.717, 1.165) is 69.0 Å². The van der Waals surface area contributed by atoms with Crippen molar-refractivity contribution in [2.45, 2.75) is 35.1 Å². The Balaban J connectivity index is 1.38. The molecule has 3 amide bonds. The SMILES string of the molecule is O=C(Cn1c2c(sc1=O)C(c1ccc(Br)cc1)C1C(=O)N(c3cccc(C(F)(F)F)c3)C(=O)C1S2)Nc1cccc(C(F)(F)F)c1. The largest absolute Gasteiger partial charge is 0.416 e. The van der Waals surface area contributed by atoms with Gasteiger partial charge in [-0.15, -0.1) is 0 Å². The van der Waals surface area contributed by atoms with E-state index in [-0.39, 0.29) is 16.4 Å². The van der Waals surface area contributed by atoms with Crippen LogP contribution >= 0.6 is 39.0 Å². The van der Waals surface area contributed by atoms with E-state index in [2.05, 4.69) is 21.2 Å². The molecule has 4 aromatic rings. The summed E-state index contributed by atoms with van der Waals surface area (Å²) in [6.45, 7) is -0.613. The van der Waals surface area contributed by atoms with Crippen LogP contribution in [-0.4, -0.2) is 27.5 Å². The molecule has 3 atom stereocenters. The fraction of sp³-hybridized carbons (Fsp3) is 0.200. The first-order valence-corrected chi connectivity index (χ1v) is 15.8. The molecular weight excluding hydrogens is 724 g/mol. The first-order chi connectivity index (χ1) is 21.6. The Morgan fingerprint density at radius 3 is 2.13 bits per heavy atom. The number of alkyl halides is 6. The standard InChI is InChI=1S/C30H18BrF6N3O4S2/c31-17-9-7-14(8-10-17)21-22-23(26(43)40(25(22)42)19-6-2-4-16(12-19)30(35,36)37)45-27-24(21)46-28(44)39(27)13-20(41)38-18-5-1-3-15(11-18)29(32,33)34/h1-12,21-23H,13H2,(H,38,41). The number of hydrogen-bond donors (Lipinski definition) is 1. The van der Waals surface area contributed by atoms with Crippen molar-refractivity contribution in [3.63, 3.8) is 0 Å². The second-order valence-electron chi connectivity index (χ2n) is 10.4. The predicted molar refractivity (Wildman–Crippen MR) is 162 cm³/mol. The molecule has 7 nitrogen and oxygen atoms in total. The molecule has 2 aliphatic heterocycles. The van der Waals surface area contributed by atoms with Crippen molar-refractivity contribution >= 4 is 68.1 Å². The number of benzene rings is 3. The molecule has 0 radical (unpaired) electrons. The quantitative estimate of drug-likeness (QED) is 0.174. The summed E-state index contributed by atoms with van der Waals surface area (Å²) < 4.78 is 81.7. The van der Waals surface area contributed by atoms with Gasteiger partial charge in [-0.3, -0.25) is 23.7 Å². The number of hydrogen-bond acceptors (Lipinski definition) is 6. The molecule has 0 aliphatic carbocycles. The second kappa shape index (κ2) is 11.7. The number of imide groups is 1. The maximum absolute atomic E-state index is 13.9. The fourth-order valence-corrected chi connectivity index (χ4v) is 8.52. The molecule has 238 valence electrons. The van der Waals surface area contributed by atoms with Crippen LogP contribution < -0.4 is 15.1 Å². The van der Waals surface area contributed by atoms with Crippen LogP contribution in [-0.2, 0) is 33.3 Å². The molecule has 0 bridgehead atoms. The monoisotopic (exact) mass is 741 g/mol. The summed E-state index contributed by atoms with van der Waals surface area (Å²) >= 11 is 4.94. The number of nitrogens with one attached hydrogen (secondary N) is 1. The number of nitrogens with zero attached hydrogens (tertiary/aromatic N) is 2. The summed E-state index contributed by atoms with van der Waals surface area (Å²) in [4.78, 5) is 54.4. The van der Waals surface area contributed by atoms with Gasteiger partial charge in [0.15, 0.2) is 0 Å². The van der Waals surface area contributed by atoms with Crippen molar-refractivity contribution in [3.8, 4) is 0 Å². The van der Waals surface area contributed by atoms with Gasteiger partial charge in [-0.1, -0.05) is 63.3 Å². The molecule has 46 heavy (non-hydrogen) atoms. The number of carbonyl (C=O) groups is 3. The summed E-state index contributed by atoms with van der Waals surface area (Å²) in [6, 6.07) is 14.6. The van der Waals surface area contributed by atoms with E-state index in [9.17, 15) is 45.5 Å². The van der Waals surface area contributed by atoms with Crippen molar-refractivity contribution in [2.75, 3.05) is 10.2 Å². The van der Waals surface area contributed by atoms with Crippen LogP contribution in [0.3, 0.4) is 0 Å². The van der Waals surface area contributed by atoms with Gasteiger partial charge in [0.05, 0.1) is 27.8 Å². The van der Waals surface area contributed by atoms with Crippen LogP contribution in [0.5, 0.6) is 0 Å². The molecule has 0 saturated carbocycles. The van der Waals surface area contributed by atoms with Crippen LogP contribution in [0, 0.1) is 5.92 Å². The van der Waals surface area contributed by atoms with E-state index in [1.807, 2.05) is 0 Å². The molecule has 1 fully saturated rings. The number of carbonyl (C=O) groups excluding carboxylic acids is 3. The first-order valence-electron chi connectivity index (χ1n) is 13.3. The summed E-state index contributed by atoms with van der Waals surface area (Å²) in [5.41, 5.74) is -1.88. The van der Waals surface area contributed by atoms with Gasteiger partial charge >= 0.3 is 17.2 Å². The van der Waals surface area contributed by atoms with Crippen molar-refractivity contribution < 1.29 is 40.7 Å². The molecule has 6 rings (SSSR count). The number of rotatable bonds is 5. The van der Waals surface area contributed by atoms with Gasteiger partial charge in [-0.05, 0) is 54.1 Å². The van der Waals surface area contributed by atoms with Crippen LogP contribution in [0.4, 0.5) is 37.7 Å². The van der Waals surface area contributed by atoms with Crippen molar-refractivity contribution in [1.29, 1.82) is 0 Å². The highest BCUT2D eigenvalue weighted by Crippen LogP contribution is 2.54. The first kappa shape index (κ1) is 32.1. The van der Waals surface area contributed by atoms with E-state index in [1.54, 1.807) is 24.3 Å². The number of thioether (sulfide) groups is 1. The Hall–Kier alpha value is -3.89. The van der Waals surface area contributed by atoms with Gasteiger partial charge in [0.25, 0.3) is 0 Å². The Labute approximate surface area is 272 Å². The zero-order valence-corrected chi connectivity index (χ0v) is 26.1. The maximum Gasteiger partial charge on any atom is 0.416 e. The normalized spacial score (nSPS) is 19.6. The zero-order valence-electron chi connectivity index (χ0n) is 22.9. The topological polar surface area (TPSA) is 88.5 Å². The third-order valence-corrected chi connectivity index (χ3v) is 10.6. The van der Waals surface area contributed by atoms with Gasteiger partial charge in [0.2, 0.25) is 17.7 Å². The second-order valence-corrected chi connectivity index (χ2v) is 13.4. The third kappa shape index (κ3) is 5.88. The van der Waals surface area contributed by atoms with Crippen LogP contribution in [0.1, 0.15) is 27.5 Å². The summed E-state index contributed by atoms with van der Waals surface area (Å²) in [7, 11) is 0. The van der Waals surface area contributed by atoms with E-state index < -0.39 is 69.7 Å². The number of anilines is 2. The molecular formula is C30H18BrF6N3O4S2. The number of amides is 3. The highest BCUT2D eigenvalue weighted by Gasteiger charge is 2.57. The van der Waals surface area contributed by atoms with Crippen molar-refractivity contribution in [2.24, 2.45) is 5.92 Å². The average Bonchev–Trinajstić information content (AvgIpc) is 3.43. The highest BCUT2D eigenvalue weighted by atomic mass is 79.9. The molecule has 2 aliphatic rings. The van der Waals surface area contributed by atoms with E-state index in [4.69, 9.17) is 0 Å². The molecule has 3 heterocycles. The lowest BCUT2D eigenvalue weighted by Gasteiger charge is -2.30. The smallest absolute Gasteiger partial charge is 0.325 e. The average molecular weight is 743 g/mol. The van der Waals surface area contributed by atoms with Crippen LogP contribution in [0.15, 0.2) is 87.1 Å². The van der Waals surface area contributed by atoms with Gasteiger partial charge in [0.1, 0.15) is 11.8 Å². The van der Waals surface area contributed by atoms with Gasteiger partial charge in [-0.25, -0.2) is 4.90 Å². The Morgan fingerprint density at radius 1 is 0.848 bits per heavy atom. The number of halogens is 7. The fourth-order valence-electron chi connectivity index (χ4n) is 5.48.